The third kappa shape index (κ3) is 7.06. The van der Waals surface area contributed by atoms with Gasteiger partial charge >= 0.3 is 5.69 Å². The molecular formula is C31H32N2O7. The number of ether oxygens (including phenoxy) is 4. The zero-order valence-corrected chi connectivity index (χ0v) is 22.2. The Labute approximate surface area is 231 Å². The highest BCUT2D eigenvalue weighted by molar-refractivity contribution is 5.38. The van der Waals surface area contributed by atoms with Gasteiger partial charge in [-0.05, 0) is 35.7 Å². The molecule has 3 aromatic carbocycles. The Kier molecular flexibility index (Phi) is 8.75. The van der Waals surface area contributed by atoms with Gasteiger partial charge in [0.05, 0.1) is 19.3 Å². The summed E-state index contributed by atoms with van der Waals surface area (Å²) in [5.41, 5.74) is 2.30. The molecule has 1 fully saturated rings. The molecule has 4 aromatic rings. The molecular weight excluding hydrogens is 512 g/mol. The van der Waals surface area contributed by atoms with E-state index < -0.39 is 29.7 Å². The molecule has 1 saturated heterocycles. The van der Waals surface area contributed by atoms with Gasteiger partial charge in [-0.1, -0.05) is 60.7 Å². The highest BCUT2D eigenvalue weighted by Crippen LogP contribution is 2.29. The zero-order valence-electron chi connectivity index (χ0n) is 22.2. The molecule has 3 atom stereocenters. The van der Waals surface area contributed by atoms with Gasteiger partial charge in [0.15, 0.2) is 0 Å². The molecule has 0 aliphatic carbocycles. The predicted octanol–water partition coefficient (Wildman–Crippen LogP) is 3.87. The van der Waals surface area contributed by atoms with Crippen LogP contribution in [0.3, 0.4) is 0 Å². The summed E-state index contributed by atoms with van der Waals surface area (Å²) in [5, 5.41) is 10.5. The number of H-pyrrole nitrogens is 1. The monoisotopic (exact) mass is 544 g/mol. The minimum Gasteiger partial charge on any atom is -0.489 e. The summed E-state index contributed by atoms with van der Waals surface area (Å²) in [6.07, 6.45) is -0.497. The van der Waals surface area contributed by atoms with Crippen molar-refractivity contribution in [2.24, 2.45) is 0 Å². The van der Waals surface area contributed by atoms with E-state index in [1.807, 2.05) is 78.9 Å². The Bertz CT molecular complexity index is 1460. The van der Waals surface area contributed by atoms with E-state index >= 15 is 0 Å². The van der Waals surface area contributed by atoms with Crippen LogP contribution in [0, 0.1) is 6.92 Å². The number of aromatic amines is 1. The molecule has 208 valence electrons. The molecule has 1 aliphatic heterocycles. The van der Waals surface area contributed by atoms with Crippen molar-refractivity contribution in [1.29, 1.82) is 0 Å². The topological polar surface area (TPSA) is 112 Å². The molecule has 9 heteroatoms. The van der Waals surface area contributed by atoms with E-state index in [1.165, 1.54) is 10.8 Å². The summed E-state index contributed by atoms with van der Waals surface area (Å²) in [7, 11) is 0. The number of aryl methyl sites for hydroxylation is 1. The molecule has 40 heavy (non-hydrogen) atoms. The molecule has 1 aromatic heterocycles. The third-order valence-electron chi connectivity index (χ3n) is 6.65. The fraction of sp³-hybridized carbons (Fsp3) is 0.290. The quantitative estimate of drug-likeness (QED) is 0.295. The molecule has 0 saturated carbocycles. The second-order valence-electron chi connectivity index (χ2n) is 9.79. The summed E-state index contributed by atoms with van der Waals surface area (Å²) < 4.78 is 25.2. The van der Waals surface area contributed by atoms with Crippen molar-refractivity contribution < 1.29 is 24.1 Å². The number of aliphatic hydroxyl groups excluding tert-OH is 1. The first kappa shape index (κ1) is 27.4. The summed E-state index contributed by atoms with van der Waals surface area (Å²) in [6, 6.07) is 25.5. The maximum absolute atomic E-state index is 12.2. The van der Waals surface area contributed by atoms with Gasteiger partial charge in [-0.15, -0.1) is 0 Å². The van der Waals surface area contributed by atoms with Gasteiger partial charge in [0.2, 0.25) is 0 Å². The molecule has 1 aliphatic rings. The minimum absolute atomic E-state index is 0.115. The highest BCUT2D eigenvalue weighted by atomic mass is 16.6. The van der Waals surface area contributed by atoms with Crippen LogP contribution in [0.2, 0.25) is 0 Å². The number of hydrogen-bond acceptors (Lipinski definition) is 7. The Morgan fingerprint density at radius 3 is 2.08 bits per heavy atom. The molecule has 5 rings (SSSR count). The Balaban J connectivity index is 1.23. The number of benzene rings is 3. The number of hydrogen-bond donors (Lipinski definition) is 2. The van der Waals surface area contributed by atoms with E-state index in [2.05, 4.69) is 4.98 Å². The second-order valence-corrected chi connectivity index (χ2v) is 9.79. The average molecular weight is 545 g/mol. The van der Waals surface area contributed by atoms with Gasteiger partial charge in [0.25, 0.3) is 5.56 Å². The Morgan fingerprint density at radius 2 is 1.48 bits per heavy atom. The van der Waals surface area contributed by atoms with Crippen LogP contribution >= 0.6 is 0 Å². The Hall–Kier alpha value is -4.18. The number of rotatable bonds is 11. The maximum atomic E-state index is 12.2. The number of nitrogens with one attached hydrogen (secondary N) is 1. The van der Waals surface area contributed by atoms with Gasteiger partial charge in [0, 0.05) is 24.2 Å². The summed E-state index contributed by atoms with van der Waals surface area (Å²) in [4.78, 5) is 26.2. The molecule has 0 spiro atoms. The molecule has 2 heterocycles. The van der Waals surface area contributed by atoms with E-state index in [0.29, 0.717) is 30.3 Å². The van der Waals surface area contributed by atoms with Crippen LogP contribution in [0.1, 0.15) is 34.9 Å². The van der Waals surface area contributed by atoms with E-state index in [-0.39, 0.29) is 19.6 Å². The van der Waals surface area contributed by atoms with Crippen molar-refractivity contribution in [3.63, 3.8) is 0 Å². The second kappa shape index (κ2) is 12.8. The van der Waals surface area contributed by atoms with Gasteiger partial charge in [-0.2, -0.15) is 0 Å². The molecule has 9 nitrogen and oxygen atoms in total. The maximum Gasteiger partial charge on any atom is 0.330 e. The zero-order chi connectivity index (χ0) is 27.9. The van der Waals surface area contributed by atoms with Gasteiger partial charge in [-0.3, -0.25) is 14.3 Å². The first-order chi connectivity index (χ1) is 19.4. The smallest absolute Gasteiger partial charge is 0.330 e. The van der Waals surface area contributed by atoms with E-state index in [4.69, 9.17) is 18.9 Å². The van der Waals surface area contributed by atoms with Crippen LogP contribution in [-0.4, -0.2) is 33.5 Å². The van der Waals surface area contributed by atoms with Crippen LogP contribution in [0.25, 0.3) is 0 Å². The lowest BCUT2D eigenvalue weighted by Gasteiger charge is -2.17. The van der Waals surface area contributed by atoms with Crippen molar-refractivity contribution in [1.82, 2.24) is 9.55 Å². The third-order valence-corrected chi connectivity index (χ3v) is 6.65. The van der Waals surface area contributed by atoms with E-state index in [9.17, 15) is 14.7 Å². The SMILES string of the molecule is Cc1cn([C@H]2CC(O)[C@@H](COCc3cc(OCc4ccccc4)cc(OCc4ccccc4)c3)O2)c(=O)[nH]c1=O. The first-order valence-corrected chi connectivity index (χ1v) is 13.2. The van der Waals surface area contributed by atoms with Crippen LogP contribution in [-0.2, 0) is 29.3 Å². The first-order valence-electron chi connectivity index (χ1n) is 13.2. The highest BCUT2D eigenvalue weighted by Gasteiger charge is 2.35. The van der Waals surface area contributed by atoms with Gasteiger partial charge in [-0.25, -0.2) is 4.79 Å². The van der Waals surface area contributed by atoms with Gasteiger partial charge in [0.1, 0.15) is 37.0 Å². The Morgan fingerprint density at radius 1 is 0.875 bits per heavy atom. The fourth-order valence-corrected chi connectivity index (χ4v) is 4.49. The standard InChI is InChI=1S/C31H32N2O7/c1-21-16-33(31(36)32-30(21)35)29-15-27(34)28(40-29)20-37-17-24-12-25(38-18-22-8-4-2-5-9-22)14-26(13-24)39-19-23-10-6-3-7-11-23/h2-14,16,27-29,34H,15,17-20H2,1H3,(H,32,35,36)/t27?,28-,29-/m1/s1. The molecule has 2 N–H and O–H groups in total. The van der Waals surface area contributed by atoms with Crippen LogP contribution in [0.4, 0.5) is 0 Å². The van der Waals surface area contributed by atoms with E-state index in [1.54, 1.807) is 6.92 Å². The molecule has 0 amide bonds. The largest absolute Gasteiger partial charge is 0.489 e. The van der Waals surface area contributed by atoms with Crippen molar-refractivity contribution in [2.45, 2.75) is 51.6 Å². The molecule has 0 radical (unpaired) electrons. The fourth-order valence-electron chi connectivity index (χ4n) is 4.49. The summed E-state index contributed by atoms with van der Waals surface area (Å²) in [5.74, 6) is 1.30. The van der Waals surface area contributed by atoms with Crippen LogP contribution in [0.15, 0.2) is 94.6 Å². The van der Waals surface area contributed by atoms with Crippen LogP contribution in [0.5, 0.6) is 11.5 Å². The summed E-state index contributed by atoms with van der Waals surface area (Å²) in [6.45, 7) is 2.78. The number of aliphatic hydroxyl groups is 1. The van der Waals surface area contributed by atoms with Crippen molar-refractivity contribution >= 4 is 0 Å². The lowest BCUT2D eigenvalue weighted by atomic mass is 10.2. The van der Waals surface area contributed by atoms with E-state index in [0.717, 1.165) is 16.7 Å². The lowest BCUT2D eigenvalue weighted by molar-refractivity contribution is -0.0668. The predicted molar refractivity (Wildman–Crippen MR) is 148 cm³/mol. The molecule has 0 bridgehead atoms. The lowest BCUT2D eigenvalue weighted by Crippen LogP contribution is -2.33. The van der Waals surface area contributed by atoms with Crippen molar-refractivity contribution in [3.05, 3.63) is 128 Å². The van der Waals surface area contributed by atoms with Crippen molar-refractivity contribution in [2.75, 3.05) is 6.61 Å². The number of nitrogens with zero attached hydrogens (tertiary/aromatic N) is 1. The minimum atomic E-state index is -0.825. The molecule has 1 unspecified atom stereocenters. The van der Waals surface area contributed by atoms with Crippen LogP contribution < -0.4 is 20.7 Å². The van der Waals surface area contributed by atoms with Gasteiger partial charge < -0.3 is 24.1 Å². The normalized spacial score (nSPS) is 18.5. The van der Waals surface area contributed by atoms with Crippen molar-refractivity contribution in [3.8, 4) is 11.5 Å². The summed E-state index contributed by atoms with van der Waals surface area (Å²) >= 11 is 0. The average Bonchev–Trinajstić information content (AvgIpc) is 3.33. The number of aromatic nitrogens is 2.